The second kappa shape index (κ2) is 12.0. The molecule has 6 nitrogen and oxygen atoms in total. The number of hydrogen-bond donors (Lipinski definition) is 3. The molecule has 0 saturated carbocycles. The molecule has 25 heavy (non-hydrogen) atoms. The Morgan fingerprint density at radius 2 is 2.16 bits per heavy atom. The van der Waals surface area contributed by atoms with E-state index in [1.54, 1.807) is 19.3 Å². The fourth-order valence-electron chi connectivity index (χ4n) is 2.88. The van der Waals surface area contributed by atoms with E-state index in [9.17, 15) is 0 Å². The summed E-state index contributed by atoms with van der Waals surface area (Å²) in [5.41, 5.74) is 0. The van der Waals surface area contributed by atoms with Crippen molar-refractivity contribution >= 4 is 59.0 Å². The second-order valence-corrected chi connectivity index (χ2v) is 6.56. The van der Waals surface area contributed by atoms with E-state index < -0.39 is 0 Å². The van der Waals surface area contributed by atoms with Crippen LogP contribution in [0.25, 0.3) is 0 Å². The number of likely N-dealkylation sites (tertiary alicyclic amines) is 1. The summed E-state index contributed by atoms with van der Waals surface area (Å²) in [6.07, 6.45) is 4.11. The normalized spacial score (nSPS) is 17.9. The summed E-state index contributed by atoms with van der Waals surface area (Å²) in [7, 11) is 1.78. The van der Waals surface area contributed by atoms with E-state index in [1.165, 1.54) is 19.4 Å². The molecule has 2 rings (SSSR count). The molecule has 1 fully saturated rings. The highest BCUT2D eigenvalue weighted by atomic mass is 127. The van der Waals surface area contributed by atoms with Crippen LogP contribution in [0.5, 0.6) is 0 Å². The van der Waals surface area contributed by atoms with Crippen molar-refractivity contribution in [3.8, 4) is 0 Å². The highest BCUT2D eigenvalue weighted by Gasteiger charge is 2.22. The van der Waals surface area contributed by atoms with Crippen molar-refractivity contribution in [2.75, 3.05) is 45.1 Å². The van der Waals surface area contributed by atoms with Gasteiger partial charge in [-0.05, 0) is 32.0 Å². The summed E-state index contributed by atoms with van der Waals surface area (Å²) in [5, 5.41) is 10.9. The Bertz CT molecular complexity index is 557. The number of hydrogen-bond acceptors (Lipinski definition) is 4. The van der Waals surface area contributed by atoms with Gasteiger partial charge in [-0.15, -0.1) is 24.0 Å². The zero-order chi connectivity index (χ0) is 17.4. The predicted octanol–water partition coefficient (Wildman–Crippen LogP) is 3.07. The summed E-state index contributed by atoms with van der Waals surface area (Å²) in [4.78, 5) is 10.9. The lowest BCUT2D eigenvalue weighted by Crippen LogP contribution is -2.45. The molecule has 0 spiro atoms. The number of likely N-dealkylation sites (N-methyl/N-ethyl adjacent to an activating group) is 1. The third-order valence-electron chi connectivity index (χ3n) is 4.15. The Kier molecular flexibility index (Phi) is 10.8. The number of nitrogens with zero attached hydrogens (tertiary/aromatic N) is 3. The summed E-state index contributed by atoms with van der Waals surface area (Å²) < 4.78 is 0. The number of pyridine rings is 1. The highest BCUT2D eigenvalue weighted by molar-refractivity contribution is 14.0. The molecule has 0 radical (unpaired) electrons. The van der Waals surface area contributed by atoms with Crippen molar-refractivity contribution in [3.05, 3.63) is 22.3 Å². The van der Waals surface area contributed by atoms with Crippen molar-refractivity contribution in [2.24, 2.45) is 4.99 Å². The van der Waals surface area contributed by atoms with Gasteiger partial charge >= 0.3 is 0 Å². The summed E-state index contributed by atoms with van der Waals surface area (Å²) >= 11 is 11.9. The third kappa shape index (κ3) is 7.32. The monoisotopic (exact) mass is 500 g/mol. The topological polar surface area (TPSA) is 64.6 Å². The van der Waals surface area contributed by atoms with Crippen molar-refractivity contribution < 1.29 is 0 Å². The van der Waals surface area contributed by atoms with Crippen LogP contribution in [-0.2, 0) is 0 Å². The van der Waals surface area contributed by atoms with Crippen LogP contribution in [0, 0.1) is 0 Å². The maximum Gasteiger partial charge on any atom is 0.191 e. The number of aliphatic imine (C=N–C) groups is 1. The van der Waals surface area contributed by atoms with Gasteiger partial charge in [0.1, 0.15) is 5.82 Å². The molecule has 1 saturated heterocycles. The van der Waals surface area contributed by atoms with Crippen molar-refractivity contribution in [3.63, 3.8) is 0 Å². The van der Waals surface area contributed by atoms with Gasteiger partial charge in [0.2, 0.25) is 0 Å². The van der Waals surface area contributed by atoms with E-state index in [0.29, 0.717) is 35.0 Å². The fourth-order valence-corrected chi connectivity index (χ4v) is 3.33. The van der Waals surface area contributed by atoms with E-state index in [2.05, 4.69) is 37.8 Å². The molecular formula is C16H27Cl2IN6. The molecule has 0 aromatic carbocycles. The van der Waals surface area contributed by atoms with E-state index in [1.807, 2.05) is 0 Å². The largest absolute Gasteiger partial charge is 0.367 e. The Labute approximate surface area is 177 Å². The standard InChI is InChI=1S/C16H26Cl2N6.HI/c1-3-24-8-4-5-13(24)11-23-16(19-2)21-7-6-20-15-14(18)9-12(17)10-22-15;/h9-10,13H,3-8,11H2,1-2H3,(H,20,22)(H2,19,21,23);1H. The molecule has 1 atom stereocenters. The lowest BCUT2D eigenvalue weighted by Gasteiger charge is -2.24. The summed E-state index contributed by atoms with van der Waals surface area (Å²) in [6, 6.07) is 2.27. The molecular weight excluding hydrogens is 474 g/mol. The zero-order valence-electron chi connectivity index (χ0n) is 14.7. The van der Waals surface area contributed by atoms with Crippen molar-refractivity contribution in [1.29, 1.82) is 0 Å². The first-order valence-electron chi connectivity index (χ1n) is 8.37. The van der Waals surface area contributed by atoms with Gasteiger partial charge in [-0.1, -0.05) is 30.1 Å². The maximum atomic E-state index is 6.08. The van der Waals surface area contributed by atoms with Crippen LogP contribution in [0.4, 0.5) is 5.82 Å². The summed E-state index contributed by atoms with van der Waals surface area (Å²) in [6.45, 7) is 6.84. The lowest BCUT2D eigenvalue weighted by molar-refractivity contribution is 0.267. The van der Waals surface area contributed by atoms with Gasteiger partial charge in [-0.2, -0.15) is 0 Å². The first kappa shape index (κ1) is 22.5. The molecule has 0 amide bonds. The molecule has 1 aliphatic heterocycles. The van der Waals surface area contributed by atoms with Gasteiger partial charge in [0.15, 0.2) is 5.96 Å². The van der Waals surface area contributed by atoms with Crippen LogP contribution >= 0.6 is 47.2 Å². The van der Waals surface area contributed by atoms with Crippen molar-refractivity contribution in [1.82, 2.24) is 20.5 Å². The van der Waals surface area contributed by atoms with Crippen molar-refractivity contribution in [2.45, 2.75) is 25.8 Å². The minimum Gasteiger partial charge on any atom is -0.367 e. The Morgan fingerprint density at radius 1 is 1.36 bits per heavy atom. The molecule has 3 N–H and O–H groups in total. The minimum absolute atomic E-state index is 0. The van der Waals surface area contributed by atoms with Crippen LogP contribution in [-0.4, -0.2) is 61.7 Å². The number of halogens is 3. The molecule has 0 aliphatic carbocycles. The molecule has 9 heteroatoms. The van der Waals surface area contributed by atoms with Crippen LogP contribution in [0.2, 0.25) is 10.0 Å². The average Bonchev–Trinajstić information content (AvgIpc) is 3.03. The Hall–Kier alpha value is -0.510. The van der Waals surface area contributed by atoms with E-state index in [-0.39, 0.29) is 24.0 Å². The van der Waals surface area contributed by atoms with Gasteiger partial charge in [-0.25, -0.2) is 4.98 Å². The van der Waals surface area contributed by atoms with E-state index >= 15 is 0 Å². The smallest absolute Gasteiger partial charge is 0.191 e. The third-order valence-corrected chi connectivity index (χ3v) is 4.65. The van der Waals surface area contributed by atoms with Gasteiger partial charge in [-0.3, -0.25) is 9.89 Å². The zero-order valence-corrected chi connectivity index (χ0v) is 18.5. The molecule has 1 aromatic heterocycles. The van der Waals surface area contributed by atoms with E-state index in [0.717, 1.165) is 19.0 Å². The first-order valence-corrected chi connectivity index (χ1v) is 9.13. The van der Waals surface area contributed by atoms with Crippen LogP contribution < -0.4 is 16.0 Å². The molecule has 1 aliphatic rings. The van der Waals surface area contributed by atoms with E-state index in [4.69, 9.17) is 23.2 Å². The molecule has 1 aromatic rings. The minimum atomic E-state index is 0. The number of rotatable bonds is 7. The lowest BCUT2D eigenvalue weighted by atomic mass is 10.2. The summed E-state index contributed by atoms with van der Waals surface area (Å²) in [5.74, 6) is 1.45. The predicted molar refractivity (Wildman–Crippen MR) is 118 cm³/mol. The molecule has 142 valence electrons. The fraction of sp³-hybridized carbons (Fsp3) is 0.625. The number of guanidine groups is 1. The molecule has 2 heterocycles. The van der Waals surface area contributed by atoms with Crippen LogP contribution in [0.3, 0.4) is 0 Å². The number of nitrogens with one attached hydrogen (secondary N) is 3. The number of anilines is 1. The number of aromatic nitrogens is 1. The SMILES string of the molecule is CCN1CCCC1CNC(=NC)NCCNc1ncc(Cl)cc1Cl.I. The van der Waals surface area contributed by atoms with Gasteiger partial charge in [0, 0.05) is 38.9 Å². The van der Waals surface area contributed by atoms with Gasteiger partial charge in [0.05, 0.1) is 10.0 Å². The molecule has 1 unspecified atom stereocenters. The van der Waals surface area contributed by atoms with Crippen LogP contribution in [0.15, 0.2) is 17.3 Å². The van der Waals surface area contributed by atoms with Gasteiger partial charge in [0.25, 0.3) is 0 Å². The second-order valence-electron chi connectivity index (χ2n) is 5.72. The Morgan fingerprint density at radius 3 is 2.84 bits per heavy atom. The van der Waals surface area contributed by atoms with Crippen LogP contribution in [0.1, 0.15) is 19.8 Å². The van der Waals surface area contributed by atoms with Gasteiger partial charge < -0.3 is 16.0 Å². The average molecular weight is 501 g/mol. The quantitative estimate of drug-likeness (QED) is 0.232. The maximum absolute atomic E-state index is 6.08. The first-order chi connectivity index (χ1) is 11.6. The highest BCUT2D eigenvalue weighted by Crippen LogP contribution is 2.22. The Balaban J connectivity index is 0.00000312. The molecule has 0 bridgehead atoms.